The van der Waals surface area contributed by atoms with Gasteiger partial charge in [-0.3, -0.25) is 0 Å². The predicted octanol–water partition coefficient (Wildman–Crippen LogP) is 6.06. The number of hydrogen-bond acceptors (Lipinski definition) is 1. The largest absolute Gasteiger partial charge is 0.497 e. The summed E-state index contributed by atoms with van der Waals surface area (Å²) in [4.78, 5) is 0. The summed E-state index contributed by atoms with van der Waals surface area (Å²) in [6, 6.07) is 10.6. The molecule has 0 bridgehead atoms. The van der Waals surface area contributed by atoms with Crippen LogP contribution in [0.2, 0.25) is 0 Å². The van der Waals surface area contributed by atoms with Crippen molar-refractivity contribution in [2.45, 2.75) is 77.7 Å². The van der Waals surface area contributed by atoms with Gasteiger partial charge >= 0.3 is 0 Å². The van der Waals surface area contributed by atoms with Crippen LogP contribution in [0.1, 0.15) is 71.1 Å². The third-order valence-corrected chi connectivity index (χ3v) is 4.84. The van der Waals surface area contributed by atoms with Crippen molar-refractivity contribution in [1.82, 2.24) is 0 Å². The van der Waals surface area contributed by atoms with Crippen LogP contribution in [0.4, 0.5) is 0 Å². The van der Waals surface area contributed by atoms with E-state index in [0.29, 0.717) is 0 Å². The Bertz CT molecular complexity index is 594. The molecule has 0 saturated heterocycles. The van der Waals surface area contributed by atoms with Crippen molar-refractivity contribution in [3.05, 3.63) is 36.5 Å². The minimum absolute atomic E-state index is 0.930. The summed E-state index contributed by atoms with van der Waals surface area (Å²) in [5.74, 6) is 0.930. The number of unbranched alkanes of at least 4 members (excludes halogenated alkanes) is 9. The number of methoxy groups -OCH3 is 1. The fourth-order valence-electron chi connectivity index (χ4n) is 3.35. The van der Waals surface area contributed by atoms with Crippen molar-refractivity contribution in [2.24, 2.45) is 0 Å². The maximum atomic E-state index is 5.32. The highest BCUT2D eigenvalue weighted by atomic mass is 16.5. The molecule has 1 aromatic carbocycles. The first-order valence-corrected chi connectivity index (χ1v) is 9.81. The molecule has 1 aromatic heterocycles. The summed E-state index contributed by atoms with van der Waals surface area (Å²) < 4.78 is 7.69. The zero-order valence-electron chi connectivity index (χ0n) is 15.6. The second kappa shape index (κ2) is 11.1. The summed E-state index contributed by atoms with van der Waals surface area (Å²) in [7, 11) is 1.72. The van der Waals surface area contributed by atoms with E-state index in [2.05, 4.69) is 48.0 Å². The molecule has 0 aliphatic carbocycles. The average Bonchev–Trinajstić information content (AvgIpc) is 2.62. The Morgan fingerprint density at radius 1 is 0.833 bits per heavy atom. The molecule has 0 fully saturated rings. The molecule has 132 valence electrons. The molecule has 0 amide bonds. The fourth-order valence-corrected chi connectivity index (χ4v) is 3.35. The van der Waals surface area contributed by atoms with Crippen LogP contribution >= 0.6 is 0 Å². The van der Waals surface area contributed by atoms with Crippen molar-refractivity contribution in [3.8, 4) is 5.75 Å². The van der Waals surface area contributed by atoms with Gasteiger partial charge in [-0.05, 0) is 24.6 Å². The first-order chi connectivity index (χ1) is 11.8. The Morgan fingerprint density at radius 3 is 2.17 bits per heavy atom. The SMILES string of the molecule is CCCCCCCCCCCC[n+]1cccc2cc(OC)ccc21. The Hall–Kier alpha value is -1.57. The molecule has 0 N–H and O–H groups in total. The highest BCUT2D eigenvalue weighted by molar-refractivity contribution is 5.77. The van der Waals surface area contributed by atoms with E-state index in [1.807, 2.05) is 0 Å². The molecule has 2 nitrogen and oxygen atoms in total. The molecule has 1 heterocycles. The maximum absolute atomic E-state index is 5.32. The van der Waals surface area contributed by atoms with Crippen molar-refractivity contribution >= 4 is 10.9 Å². The topological polar surface area (TPSA) is 13.1 Å². The first kappa shape index (κ1) is 18.8. The Balaban J connectivity index is 1.67. The van der Waals surface area contributed by atoms with Gasteiger partial charge in [0.15, 0.2) is 6.20 Å². The number of hydrogen-bond donors (Lipinski definition) is 0. The lowest BCUT2D eigenvalue weighted by atomic mass is 10.1. The molecule has 0 aliphatic heterocycles. The summed E-state index contributed by atoms with van der Waals surface area (Å²) >= 11 is 0. The Labute approximate surface area is 147 Å². The standard InChI is InChI=1S/C22H34NO/c1-3-4-5-6-7-8-9-10-11-12-17-23-18-13-14-20-19-21(24-2)15-16-22(20)23/h13-16,18-19H,3-12,17H2,1-2H3/q+1. The number of rotatable bonds is 12. The molecular weight excluding hydrogens is 294 g/mol. The second-order valence-electron chi connectivity index (χ2n) is 6.81. The predicted molar refractivity (Wildman–Crippen MR) is 103 cm³/mol. The van der Waals surface area contributed by atoms with E-state index in [4.69, 9.17) is 4.74 Å². The van der Waals surface area contributed by atoms with Crippen LogP contribution in [-0.2, 0) is 6.54 Å². The molecule has 2 heteroatoms. The van der Waals surface area contributed by atoms with E-state index < -0.39 is 0 Å². The smallest absolute Gasteiger partial charge is 0.212 e. The number of nitrogens with zero attached hydrogens (tertiary/aromatic N) is 1. The lowest BCUT2D eigenvalue weighted by molar-refractivity contribution is -0.671. The van der Waals surface area contributed by atoms with Gasteiger partial charge in [0.2, 0.25) is 5.52 Å². The van der Waals surface area contributed by atoms with E-state index >= 15 is 0 Å². The van der Waals surface area contributed by atoms with E-state index in [-0.39, 0.29) is 0 Å². The van der Waals surface area contributed by atoms with Crippen LogP contribution in [-0.4, -0.2) is 7.11 Å². The molecule has 0 unspecified atom stereocenters. The minimum atomic E-state index is 0.930. The van der Waals surface area contributed by atoms with Crippen LogP contribution < -0.4 is 9.30 Å². The zero-order valence-corrected chi connectivity index (χ0v) is 15.6. The lowest BCUT2D eigenvalue weighted by Crippen LogP contribution is -2.33. The summed E-state index contributed by atoms with van der Waals surface area (Å²) in [5, 5.41) is 1.25. The highest BCUT2D eigenvalue weighted by Gasteiger charge is 2.08. The number of pyridine rings is 1. The van der Waals surface area contributed by atoms with Crippen molar-refractivity contribution in [3.63, 3.8) is 0 Å². The molecular formula is C22H34NO+. The average molecular weight is 329 g/mol. The highest BCUT2D eigenvalue weighted by Crippen LogP contribution is 2.18. The van der Waals surface area contributed by atoms with Crippen molar-refractivity contribution in [2.75, 3.05) is 7.11 Å². The molecule has 2 aromatic rings. The lowest BCUT2D eigenvalue weighted by Gasteiger charge is -2.04. The van der Waals surface area contributed by atoms with Crippen LogP contribution in [0, 0.1) is 0 Å². The minimum Gasteiger partial charge on any atom is -0.497 e. The van der Waals surface area contributed by atoms with Gasteiger partial charge in [0.05, 0.1) is 12.5 Å². The molecule has 0 aliphatic rings. The monoisotopic (exact) mass is 328 g/mol. The molecule has 0 saturated carbocycles. The van der Waals surface area contributed by atoms with E-state index in [9.17, 15) is 0 Å². The Morgan fingerprint density at radius 2 is 1.50 bits per heavy atom. The fraction of sp³-hybridized carbons (Fsp3) is 0.591. The van der Waals surface area contributed by atoms with Gasteiger partial charge < -0.3 is 4.74 Å². The van der Waals surface area contributed by atoms with Crippen molar-refractivity contribution in [1.29, 1.82) is 0 Å². The number of aromatic nitrogens is 1. The summed E-state index contributed by atoms with van der Waals surface area (Å²) in [6.45, 7) is 3.39. The molecule has 24 heavy (non-hydrogen) atoms. The molecule has 0 radical (unpaired) electrons. The molecule has 0 atom stereocenters. The summed E-state index contributed by atoms with van der Waals surface area (Å²) in [5.41, 5.74) is 1.30. The number of fused-ring (bicyclic) bond motifs is 1. The molecule has 0 spiro atoms. The van der Waals surface area contributed by atoms with Crippen molar-refractivity contribution < 1.29 is 9.30 Å². The van der Waals surface area contributed by atoms with Gasteiger partial charge in [0, 0.05) is 18.6 Å². The zero-order chi connectivity index (χ0) is 17.0. The third kappa shape index (κ3) is 6.14. The number of benzene rings is 1. The van der Waals surface area contributed by atoms with E-state index in [1.165, 1.54) is 75.1 Å². The van der Waals surface area contributed by atoms with Crippen LogP contribution in [0.25, 0.3) is 10.9 Å². The number of aryl methyl sites for hydroxylation is 1. The quantitative estimate of drug-likeness (QED) is 0.341. The van der Waals surface area contributed by atoms with E-state index in [0.717, 1.165) is 12.3 Å². The normalized spacial score (nSPS) is 11.1. The van der Waals surface area contributed by atoms with Gasteiger partial charge in [0.25, 0.3) is 0 Å². The Kier molecular flexibility index (Phi) is 8.65. The third-order valence-electron chi connectivity index (χ3n) is 4.84. The maximum Gasteiger partial charge on any atom is 0.212 e. The first-order valence-electron chi connectivity index (χ1n) is 9.81. The second-order valence-corrected chi connectivity index (χ2v) is 6.81. The van der Waals surface area contributed by atoms with Crippen LogP contribution in [0.5, 0.6) is 5.75 Å². The van der Waals surface area contributed by atoms with E-state index in [1.54, 1.807) is 7.11 Å². The van der Waals surface area contributed by atoms with Gasteiger partial charge in [-0.25, -0.2) is 0 Å². The summed E-state index contributed by atoms with van der Waals surface area (Å²) in [6.07, 6.45) is 16.1. The van der Waals surface area contributed by atoms with Gasteiger partial charge in [-0.1, -0.05) is 58.3 Å². The van der Waals surface area contributed by atoms with Gasteiger partial charge in [-0.2, -0.15) is 4.57 Å². The number of ether oxygens (including phenoxy) is 1. The van der Waals surface area contributed by atoms with Gasteiger partial charge in [-0.15, -0.1) is 0 Å². The van der Waals surface area contributed by atoms with Gasteiger partial charge in [0.1, 0.15) is 12.3 Å². The van der Waals surface area contributed by atoms with Crippen LogP contribution in [0.15, 0.2) is 36.5 Å². The van der Waals surface area contributed by atoms with Crippen LogP contribution in [0.3, 0.4) is 0 Å². The molecule has 2 rings (SSSR count).